The molecular weight excluding hydrogens is 316 g/mol. The van der Waals surface area contributed by atoms with E-state index >= 15 is 0 Å². The van der Waals surface area contributed by atoms with E-state index in [4.69, 9.17) is 9.47 Å². The molecule has 0 saturated carbocycles. The molecule has 1 aliphatic rings. The second-order valence-electron chi connectivity index (χ2n) is 5.52. The standard InChI is InChI=1S/C16H26N2O4S/c1-3-21-15-6-5-14(11-16(15)22-4-2)23(19,20)18-10-8-13-7-9-17-12-13/h5-6,11,13,17-18H,3-4,7-10,12H2,1-2H3. The van der Waals surface area contributed by atoms with Crippen molar-refractivity contribution < 1.29 is 17.9 Å². The first-order chi connectivity index (χ1) is 11.1. The van der Waals surface area contributed by atoms with E-state index in [9.17, 15) is 8.42 Å². The molecule has 2 N–H and O–H groups in total. The van der Waals surface area contributed by atoms with Gasteiger partial charge in [-0.1, -0.05) is 0 Å². The maximum absolute atomic E-state index is 12.4. The van der Waals surface area contributed by atoms with Crippen LogP contribution in [0.25, 0.3) is 0 Å². The van der Waals surface area contributed by atoms with E-state index in [1.165, 1.54) is 6.07 Å². The van der Waals surface area contributed by atoms with Gasteiger partial charge in [0.15, 0.2) is 11.5 Å². The van der Waals surface area contributed by atoms with Crippen LogP contribution in [0.3, 0.4) is 0 Å². The van der Waals surface area contributed by atoms with Crippen LogP contribution in [0, 0.1) is 5.92 Å². The van der Waals surface area contributed by atoms with Crippen LogP contribution in [0.2, 0.25) is 0 Å². The average molecular weight is 342 g/mol. The van der Waals surface area contributed by atoms with Crippen LogP contribution in [-0.2, 0) is 10.0 Å². The molecule has 1 atom stereocenters. The third kappa shape index (κ3) is 5.09. The minimum absolute atomic E-state index is 0.203. The summed E-state index contributed by atoms with van der Waals surface area (Å²) in [6.07, 6.45) is 1.96. The first kappa shape index (κ1) is 18.0. The highest BCUT2D eigenvalue weighted by Crippen LogP contribution is 2.30. The van der Waals surface area contributed by atoms with Crippen LogP contribution in [0.15, 0.2) is 23.1 Å². The third-order valence-corrected chi connectivity index (χ3v) is 5.29. The number of benzene rings is 1. The van der Waals surface area contributed by atoms with Crippen molar-refractivity contribution in [3.8, 4) is 11.5 Å². The largest absolute Gasteiger partial charge is 0.490 e. The van der Waals surface area contributed by atoms with Gasteiger partial charge in [-0.25, -0.2) is 13.1 Å². The van der Waals surface area contributed by atoms with E-state index in [0.29, 0.717) is 37.2 Å². The minimum atomic E-state index is -3.53. The molecule has 0 bridgehead atoms. The van der Waals surface area contributed by atoms with Crippen molar-refractivity contribution >= 4 is 10.0 Å². The second kappa shape index (κ2) is 8.52. The normalized spacial score (nSPS) is 18.1. The van der Waals surface area contributed by atoms with Gasteiger partial charge in [0.25, 0.3) is 0 Å². The molecule has 0 radical (unpaired) electrons. The lowest BCUT2D eigenvalue weighted by Crippen LogP contribution is -2.26. The maximum Gasteiger partial charge on any atom is 0.240 e. The molecule has 2 rings (SSSR count). The van der Waals surface area contributed by atoms with Gasteiger partial charge in [-0.3, -0.25) is 0 Å². The fourth-order valence-corrected chi connectivity index (χ4v) is 3.70. The van der Waals surface area contributed by atoms with E-state index in [0.717, 1.165) is 25.9 Å². The van der Waals surface area contributed by atoms with Gasteiger partial charge in [-0.05, 0) is 57.8 Å². The van der Waals surface area contributed by atoms with Crippen molar-refractivity contribution in [2.75, 3.05) is 32.8 Å². The number of ether oxygens (including phenoxy) is 2. The van der Waals surface area contributed by atoms with Gasteiger partial charge in [0.05, 0.1) is 18.1 Å². The Morgan fingerprint density at radius 2 is 1.96 bits per heavy atom. The van der Waals surface area contributed by atoms with Gasteiger partial charge < -0.3 is 14.8 Å². The van der Waals surface area contributed by atoms with Gasteiger partial charge in [0.2, 0.25) is 10.0 Å². The zero-order valence-electron chi connectivity index (χ0n) is 13.8. The maximum atomic E-state index is 12.4. The van der Waals surface area contributed by atoms with Crippen molar-refractivity contribution in [2.45, 2.75) is 31.6 Å². The molecular formula is C16H26N2O4S. The monoisotopic (exact) mass is 342 g/mol. The summed E-state index contributed by atoms with van der Waals surface area (Å²) in [5, 5.41) is 3.28. The highest BCUT2D eigenvalue weighted by molar-refractivity contribution is 7.89. The molecule has 1 aromatic carbocycles. The molecule has 0 aromatic heterocycles. The second-order valence-corrected chi connectivity index (χ2v) is 7.29. The van der Waals surface area contributed by atoms with Crippen molar-refractivity contribution in [3.63, 3.8) is 0 Å². The summed E-state index contributed by atoms with van der Waals surface area (Å²) in [7, 11) is -3.53. The summed E-state index contributed by atoms with van der Waals surface area (Å²) >= 11 is 0. The average Bonchev–Trinajstić information content (AvgIpc) is 3.02. The lowest BCUT2D eigenvalue weighted by atomic mass is 10.1. The van der Waals surface area contributed by atoms with Crippen molar-refractivity contribution in [2.24, 2.45) is 5.92 Å². The van der Waals surface area contributed by atoms with Crippen LogP contribution >= 0.6 is 0 Å². The zero-order valence-corrected chi connectivity index (χ0v) is 14.6. The van der Waals surface area contributed by atoms with Crippen LogP contribution < -0.4 is 19.5 Å². The molecule has 6 nitrogen and oxygen atoms in total. The summed E-state index contributed by atoms with van der Waals surface area (Å²) in [5.41, 5.74) is 0. The fourth-order valence-electron chi connectivity index (χ4n) is 2.64. The minimum Gasteiger partial charge on any atom is -0.490 e. The molecule has 7 heteroatoms. The summed E-state index contributed by atoms with van der Waals surface area (Å²) in [4.78, 5) is 0.203. The number of rotatable bonds is 9. The smallest absolute Gasteiger partial charge is 0.240 e. The van der Waals surface area contributed by atoms with E-state index in [1.54, 1.807) is 12.1 Å². The Kier molecular flexibility index (Phi) is 6.68. The van der Waals surface area contributed by atoms with Crippen molar-refractivity contribution in [3.05, 3.63) is 18.2 Å². The summed E-state index contributed by atoms with van der Waals surface area (Å²) in [5.74, 6) is 1.57. The Hall–Kier alpha value is -1.31. The zero-order chi connectivity index (χ0) is 16.7. The van der Waals surface area contributed by atoms with E-state index in [1.807, 2.05) is 13.8 Å². The highest BCUT2D eigenvalue weighted by Gasteiger charge is 2.19. The lowest BCUT2D eigenvalue weighted by molar-refractivity contribution is 0.287. The molecule has 1 fully saturated rings. The molecule has 1 unspecified atom stereocenters. The molecule has 0 amide bonds. The summed E-state index contributed by atoms with van der Waals surface area (Å²) in [6, 6.07) is 4.71. The van der Waals surface area contributed by atoms with Crippen molar-refractivity contribution in [1.82, 2.24) is 10.0 Å². The molecule has 0 aliphatic carbocycles. The van der Waals surface area contributed by atoms with Gasteiger partial charge in [-0.2, -0.15) is 0 Å². The van der Waals surface area contributed by atoms with Gasteiger partial charge in [-0.15, -0.1) is 0 Å². The first-order valence-corrected chi connectivity index (χ1v) is 9.65. The first-order valence-electron chi connectivity index (χ1n) is 8.16. The highest BCUT2D eigenvalue weighted by atomic mass is 32.2. The molecule has 1 aliphatic heterocycles. The van der Waals surface area contributed by atoms with E-state index in [-0.39, 0.29) is 4.90 Å². The summed E-state index contributed by atoms with van der Waals surface area (Å²) in [6.45, 7) is 7.12. The number of sulfonamides is 1. The predicted octanol–water partition coefficient (Wildman–Crippen LogP) is 1.76. The topological polar surface area (TPSA) is 76.7 Å². The predicted molar refractivity (Wildman–Crippen MR) is 89.6 cm³/mol. The molecule has 23 heavy (non-hydrogen) atoms. The Balaban J connectivity index is 2.03. The quantitative estimate of drug-likeness (QED) is 0.715. The van der Waals surface area contributed by atoms with E-state index < -0.39 is 10.0 Å². The Labute approximate surface area is 138 Å². The van der Waals surface area contributed by atoms with Crippen LogP contribution in [0.1, 0.15) is 26.7 Å². The molecule has 1 aromatic rings. The number of nitrogens with one attached hydrogen (secondary N) is 2. The number of hydrogen-bond acceptors (Lipinski definition) is 5. The fraction of sp³-hybridized carbons (Fsp3) is 0.625. The Morgan fingerprint density at radius 1 is 1.22 bits per heavy atom. The third-order valence-electron chi connectivity index (χ3n) is 3.83. The molecule has 130 valence electrons. The van der Waals surface area contributed by atoms with Gasteiger partial charge in [0, 0.05) is 12.6 Å². The lowest BCUT2D eigenvalue weighted by Gasteiger charge is -2.14. The van der Waals surface area contributed by atoms with E-state index in [2.05, 4.69) is 10.0 Å². The van der Waals surface area contributed by atoms with Gasteiger partial charge >= 0.3 is 0 Å². The van der Waals surface area contributed by atoms with Crippen LogP contribution in [0.4, 0.5) is 0 Å². The Morgan fingerprint density at radius 3 is 2.61 bits per heavy atom. The van der Waals surface area contributed by atoms with Gasteiger partial charge in [0.1, 0.15) is 0 Å². The number of hydrogen-bond donors (Lipinski definition) is 2. The molecule has 0 spiro atoms. The SMILES string of the molecule is CCOc1ccc(S(=O)(=O)NCCC2CCNC2)cc1OCC. The van der Waals surface area contributed by atoms with Crippen molar-refractivity contribution in [1.29, 1.82) is 0 Å². The van der Waals surface area contributed by atoms with Crippen LogP contribution in [-0.4, -0.2) is 41.3 Å². The molecule has 1 heterocycles. The Bertz CT molecular complexity index is 598. The van der Waals surface area contributed by atoms with Crippen LogP contribution in [0.5, 0.6) is 11.5 Å². The summed E-state index contributed by atoms with van der Waals surface area (Å²) < 4.78 is 38.4. The molecule has 1 saturated heterocycles.